The zero-order valence-corrected chi connectivity index (χ0v) is 9.01. The van der Waals surface area contributed by atoms with Gasteiger partial charge in [-0.25, -0.2) is 9.97 Å². The van der Waals surface area contributed by atoms with Crippen molar-refractivity contribution in [2.45, 2.75) is 32.4 Å². The molecule has 0 aliphatic rings. The summed E-state index contributed by atoms with van der Waals surface area (Å²) in [6.45, 7) is 2.25. The Morgan fingerprint density at radius 1 is 1.31 bits per heavy atom. The van der Waals surface area contributed by atoms with Gasteiger partial charge in [-0.05, 0) is 25.8 Å². The van der Waals surface area contributed by atoms with Crippen molar-refractivity contribution in [2.75, 3.05) is 11.9 Å². The van der Waals surface area contributed by atoms with Gasteiger partial charge in [0, 0.05) is 19.2 Å². The normalized spacial score (nSPS) is 11.5. The van der Waals surface area contributed by atoms with Crippen molar-refractivity contribution in [2.24, 2.45) is 0 Å². The van der Waals surface area contributed by atoms with Crippen LogP contribution in [0.25, 0.3) is 0 Å². The molecule has 16 heavy (non-hydrogen) atoms. The van der Waals surface area contributed by atoms with Crippen LogP contribution in [0.2, 0.25) is 0 Å². The first-order valence-corrected chi connectivity index (χ1v) is 5.08. The van der Waals surface area contributed by atoms with Crippen molar-refractivity contribution in [1.82, 2.24) is 9.97 Å². The summed E-state index contributed by atoms with van der Waals surface area (Å²) in [4.78, 5) is 7.99. The van der Waals surface area contributed by atoms with Crippen LogP contribution in [0.5, 0.6) is 0 Å². The molecule has 0 bridgehead atoms. The first kappa shape index (κ1) is 12.7. The smallest absolute Gasteiger partial charge is 0.370 e. The highest BCUT2D eigenvalue weighted by molar-refractivity contribution is 5.32. The molecule has 90 valence electrons. The number of aryl methyl sites for hydroxylation is 1. The first-order chi connectivity index (χ1) is 7.47. The quantitative estimate of drug-likeness (QED) is 0.794. The molecule has 1 aromatic rings. The summed E-state index contributed by atoms with van der Waals surface area (Å²) >= 11 is 0. The van der Waals surface area contributed by atoms with Gasteiger partial charge in [0.25, 0.3) is 0 Å². The molecule has 3 nitrogen and oxygen atoms in total. The number of hydrogen-bond donors (Lipinski definition) is 1. The molecule has 0 aromatic carbocycles. The lowest BCUT2D eigenvalue weighted by Gasteiger charge is -2.07. The predicted octanol–water partition coefficient (Wildman–Crippen LogP) is 2.93. The molecular weight excluding hydrogens is 219 g/mol. The lowest BCUT2D eigenvalue weighted by Crippen LogP contribution is -2.09. The Morgan fingerprint density at radius 2 is 2.06 bits per heavy atom. The standard InChI is InChI=1S/C10H14F3N3/c1-8-14-7-4-9(16-8)15-6-3-2-5-10(11,12)13/h4,7H,2-3,5-6H2,1H3,(H,14,15,16). The number of anilines is 1. The summed E-state index contributed by atoms with van der Waals surface area (Å²) in [6, 6.07) is 1.69. The van der Waals surface area contributed by atoms with E-state index < -0.39 is 12.6 Å². The van der Waals surface area contributed by atoms with Crippen LogP contribution in [0.1, 0.15) is 25.1 Å². The highest BCUT2D eigenvalue weighted by Gasteiger charge is 2.25. The Morgan fingerprint density at radius 3 is 2.69 bits per heavy atom. The molecule has 1 aromatic heterocycles. The van der Waals surface area contributed by atoms with E-state index in [1.54, 1.807) is 19.2 Å². The van der Waals surface area contributed by atoms with E-state index in [4.69, 9.17) is 0 Å². The van der Waals surface area contributed by atoms with Crippen molar-refractivity contribution in [3.8, 4) is 0 Å². The minimum absolute atomic E-state index is 0.139. The van der Waals surface area contributed by atoms with Gasteiger partial charge in [0.2, 0.25) is 0 Å². The Hall–Kier alpha value is -1.33. The molecule has 0 saturated carbocycles. The Labute approximate surface area is 92.1 Å². The fourth-order valence-electron chi connectivity index (χ4n) is 1.22. The SMILES string of the molecule is Cc1nccc(NCCCCC(F)(F)F)n1. The van der Waals surface area contributed by atoms with Gasteiger partial charge in [0.1, 0.15) is 11.6 Å². The second-order valence-corrected chi connectivity index (χ2v) is 3.49. The van der Waals surface area contributed by atoms with Crippen LogP contribution in [-0.2, 0) is 0 Å². The van der Waals surface area contributed by atoms with Crippen molar-refractivity contribution in [3.05, 3.63) is 18.1 Å². The van der Waals surface area contributed by atoms with Gasteiger partial charge in [-0.2, -0.15) is 13.2 Å². The van der Waals surface area contributed by atoms with Crippen molar-refractivity contribution in [3.63, 3.8) is 0 Å². The van der Waals surface area contributed by atoms with E-state index in [9.17, 15) is 13.2 Å². The molecule has 6 heteroatoms. The van der Waals surface area contributed by atoms with Crippen LogP contribution in [0, 0.1) is 6.92 Å². The minimum atomic E-state index is -4.05. The third kappa shape index (κ3) is 5.53. The summed E-state index contributed by atoms with van der Waals surface area (Å²) in [7, 11) is 0. The van der Waals surface area contributed by atoms with Gasteiger partial charge >= 0.3 is 6.18 Å². The zero-order valence-electron chi connectivity index (χ0n) is 9.01. The highest BCUT2D eigenvalue weighted by atomic mass is 19.4. The zero-order chi connectivity index (χ0) is 12.0. The molecular formula is C10H14F3N3. The number of hydrogen-bond acceptors (Lipinski definition) is 3. The summed E-state index contributed by atoms with van der Waals surface area (Å²) in [6.07, 6.45) is -2.55. The monoisotopic (exact) mass is 233 g/mol. The van der Waals surface area contributed by atoms with Gasteiger partial charge in [0.15, 0.2) is 0 Å². The van der Waals surface area contributed by atoms with Gasteiger partial charge in [-0.3, -0.25) is 0 Å². The van der Waals surface area contributed by atoms with E-state index in [1.165, 1.54) is 0 Å². The number of halogens is 3. The average molecular weight is 233 g/mol. The summed E-state index contributed by atoms with van der Waals surface area (Å²) in [5.41, 5.74) is 0. The third-order valence-electron chi connectivity index (χ3n) is 1.97. The van der Waals surface area contributed by atoms with Gasteiger partial charge in [-0.15, -0.1) is 0 Å². The highest BCUT2D eigenvalue weighted by Crippen LogP contribution is 2.21. The van der Waals surface area contributed by atoms with E-state index in [1.807, 2.05) is 0 Å². The first-order valence-electron chi connectivity index (χ1n) is 5.08. The Bertz CT molecular complexity index is 325. The van der Waals surface area contributed by atoms with Crippen LogP contribution in [0.15, 0.2) is 12.3 Å². The molecule has 0 atom stereocenters. The van der Waals surface area contributed by atoms with Crippen LogP contribution in [0.4, 0.5) is 19.0 Å². The number of alkyl halides is 3. The molecule has 1 N–H and O–H groups in total. The number of nitrogens with zero attached hydrogens (tertiary/aromatic N) is 2. The number of rotatable bonds is 5. The molecule has 0 radical (unpaired) electrons. The molecule has 0 unspecified atom stereocenters. The topological polar surface area (TPSA) is 37.8 Å². The van der Waals surface area contributed by atoms with Gasteiger partial charge in [0.05, 0.1) is 0 Å². The van der Waals surface area contributed by atoms with Crippen LogP contribution in [-0.4, -0.2) is 22.7 Å². The molecule has 0 saturated heterocycles. The van der Waals surface area contributed by atoms with E-state index in [-0.39, 0.29) is 6.42 Å². The summed E-state index contributed by atoms with van der Waals surface area (Å²) < 4.78 is 35.5. The molecule has 0 amide bonds. The van der Waals surface area contributed by atoms with E-state index >= 15 is 0 Å². The van der Waals surface area contributed by atoms with Gasteiger partial charge in [-0.1, -0.05) is 0 Å². The number of nitrogens with one attached hydrogen (secondary N) is 1. The molecule has 0 aliphatic carbocycles. The molecule has 0 fully saturated rings. The second-order valence-electron chi connectivity index (χ2n) is 3.49. The third-order valence-corrected chi connectivity index (χ3v) is 1.97. The number of aromatic nitrogens is 2. The van der Waals surface area contributed by atoms with Gasteiger partial charge < -0.3 is 5.32 Å². The number of unbranched alkanes of at least 4 members (excludes halogenated alkanes) is 1. The molecule has 0 spiro atoms. The van der Waals surface area contributed by atoms with E-state index in [0.29, 0.717) is 24.6 Å². The maximum absolute atomic E-state index is 11.8. The Kier molecular flexibility index (Phi) is 4.52. The fraction of sp³-hybridized carbons (Fsp3) is 0.600. The second kappa shape index (κ2) is 5.67. The maximum atomic E-state index is 11.8. The maximum Gasteiger partial charge on any atom is 0.389 e. The summed E-state index contributed by atoms with van der Waals surface area (Å²) in [5, 5.41) is 2.95. The fourth-order valence-corrected chi connectivity index (χ4v) is 1.22. The molecule has 1 heterocycles. The largest absolute Gasteiger partial charge is 0.389 e. The Balaban J connectivity index is 2.17. The van der Waals surface area contributed by atoms with Crippen molar-refractivity contribution in [1.29, 1.82) is 0 Å². The predicted molar refractivity (Wildman–Crippen MR) is 55.2 cm³/mol. The van der Waals surface area contributed by atoms with E-state index in [0.717, 1.165) is 0 Å². The van der Waals surface area contributed by atoms with E-state index in [2.05, 4.69) is 15.3 Å². The molecule has 1 rings (SSSR count). The lowest BCUT2D eigenvalue weighted by molar-refractivity contribution is -0.135. The van der Waals surface area contributed by atoms with Crippen molar-refractivity contribution < 1.29 is 13.2 Å². The van der Waals surface area contributed by atoms with Crippen molar-refractivity contribution >= 4 is 5.82 Å². The lowest BCUT2D eigenvalue weighted by atomic mass is 10.2. The minimum Gasteiger partial charge on any atom is -0.370 e. The summed E-state index contributed by atoms with van der Waals surface area (Å²) in [5.74, 6) is 1.29. The average Bonchev–Trinajstić information content (AvgIpc) is 2.15. The van der Waals surface area contributed by atoms with Crippen LogP contribution < -0.4 is 5.32 Å². The van der Waals surface area contributed by atoms with Crippen LogP contribution >= 0.6 is 0 Å². The van der Waals surface area contributed by atoms with Crippen LogP contribution in [0.3, 0.4) is 0 Å². The molecule has 0 aliphatic heterocycles.